The van der Waals surface area contributed by atoms with Gasteiger partial charge in [-0.3, -0.25) is 4.79 Å². The Morgan fingerprint density at radius 1 is 1.19 bits per heavy atom. The van der Waals surface area contributed by atoms with Crippen LogP contribution in [0.15, 0.2) is 18.2 Å². The molecule has 1 aromatic heterocycles. The minimum Gasteiger partial charge on any atom is -0.344 e. The van der Waals surface area contributed by atoms with E-state index in [4.69, 9.17) is 23.2 Å². The van der Waals surface area contributed by atoms with E-state index in [1.54, 1.807) is 12.1 Å². The van der Waals surface area contributed by atoms with Crippen LogP contribution < -0.4 is 0 Å². The zero-order chi connectivity index (χ0) is 19.6. The lowest BCUT2D eigenvalue weighted by molar-refractivity contribution is -0.129. The predicted molar refractivity (Wildman–Crippen MR) is 110 cm³/mol. The summed E-state index contributed by atoms with van der Waals surface area (Å²) >= 11 is 12.1. The summed E-state index contributed by atoms with van der Waals surface area (Å²) in [6, 6.07) is 5.42. The van der Waals surface area contributed by atoms with Crippen LogP contribution in [0.2, 0.25) is 10.0 Å². The molecule has 5 nitrogen and oxygen atoms in total. The number of rotatable bonds is 6. The van der Waals surface area contributed by atoms with E-state index in [-0.39, 0.29) is 5.91 Å². The smallest absolute Gasteiger partial charge is 0.226 e. The van der Waals surface area contributed by atoms with Crippen molar-refractivity contribution in [3.8, 4) is 5.69 Å². The zero-order valence-corrected chi connectivity index (χ0v) is 17.6. The number of aromatic nitrogens is 2. The van der Waals surface area contributed by atoms with Crippen molar-refractivity contribution in [2.75, 3.05) is 33.2 Å². The summed E-state index contributed by atoms with van der Waals surface area (Å²) < 4.78 is 1.82. The molecule has 0 unspecified atom stereocenters. The number of hydrogen-bond acceptors (Lipinski definition) is 3. The Kier molecular flexibility index (Phi) is 6.45. The van der Waals surface area contributed by atoms with E-state index in [0.29, 0.717) is 16.5 Å². The Hall–Kier alpha value is -1.56. The molecule has 7 heteroatoms. The third kappa shape index (κ3) is 4.65. The molecule has 0 radical (unpaired) electrons. The van der Waals surface area contributed by atoms with E-state index in [1.165, 1.54) is 12.8 Å². The van der Waals surface area contributed by atoms with Crippen LogP contribution in [-0.4, -0.2) is 58.7 Å². The molecule has 3 rings (SSSR count). The first kappa shape index (κ1) is 20.2. The van der Waals surface area contributed by atoms with Gasteiger partial charge in [0.25, 0.3) is 0 Å². The molecule has 1 aromatic carbocycles. The molecule has 1 saturated heterocycles. The Morgan fingerprint density at radius 3 is 2.56 bits per heavy atom. The van der Waals surface area contributed by atoms with E-state index >= 15 is 0 Å². The van der Waals surface area contributed by atoms with Gasteiger partial charge in [-0.25, -0.2) is 4.68 Å². The summed E-state index contributed by atoms with van der Waals surface area (Å²) in [4.78, 5) is 16.9. The maximum atomic E-state index is 12.7. The second-order valence-corrected chi connectivity index (χ2v) is 8.01. The summed E-state index contributed by atoms with van der Waals surface area (Å²) in [6.07, 6.45) is 2.89. The summed E-state index contributed by atoms with van der Waals surface area (Å²) in [5.74, 6) is 0.120. The Bertz CT molecular complexity index is 828. The van der Waals surface area contributed by atoms with Crippen LogP contribution in [0.3, 0.4) is 0 Å². The fraction of sp³-hybridized carbons (Fsp3) is 0.500. The molecule has 0 bridgehead atoms. The van der Waals surface area contributed by atoms with E-state index in [1.807, 2.05) is 36.5 Å². The fourth-order valence-electron chi connectivity index (χ4n) is 3.51. The number of likely N-dealkylation sites (tertiary alicyclic amines) is 1. The Balaban J connectivity index is 1.70. The van der Waals surface area contributed by atoms with Gasteiger partial charge in [0.1, 0.15) is 0 Å². The van der Waals surface area contributed by atoms with Crippen LogP contribution in [-0.2, 0) is 11.2 Å². The highest BCUT2D eigenvalue weighted by atomic mass is 35.5. The molecular formula is C20H26Cl2N4O. The normalized spacial score (nSPS) is 14.7. The highest BCUT2D eigenvalue weighted by molar-refractivity contribution is 6.42. The standard InChI is InChI=1S/C20H26Cl2N4O/c1-14-17(13-20(27)24(3)10-11-25-8-4-5-9-25)15(2)26(23-14)16-6-7-18(21)19(22)12-16/h6-7,12H,4-5,8-11,13H2,1-3H3. The van der Waals surface area contributed by atoms with Crippen molar-refractivity contribution in [3.05, 3.63) is 45.2 Å². The average Bonchev–Trinajstić information content (AvgIpc) is 3.25. The minimum atomic E-state index is 0.120. The molecule has 0 saturated carbocycles. The van der Waals surface area contributed by atoms with E-state index in [2.05, 4.69) is 10.00 Å². The van der Waals surface area contributed by atoms with Gasteiger partial charge in [0.2, 0.25) is 5.91 Å². The molecular weight excluding hydrogens is 383 g/mol. The monoisotopic (exact) mass is 408 g/mol. The van der Waals surface area contributed by atoms with Gasteiger partial charge in [-0.05, 0) is 58.0 Å². The van der Waals surface area contributed by atoms with Crippen molar-refractivity contribution in [1.82, 2.24) is 19.6 Å². The molecule has 146 valence electrons. The molecule has 1 aliphatic rings. The Labute approximate surface area is 170 Å². The average molecular weight is 409 g/mol. The van der Waals surface area contributed by atoms with Crippen LogP contribution in [0.4, 0.5) is 0 Å². The van der Waals surface area contributed by atoms with Crippen molar-refractivity contribution in [2.45, 2.75) is 33.1 Å². The highest BCUT2D eigenvalue weighted by Gasteiger charge is 2.19. The molecule has 2 heterocycles. The summed E-state index contributed by atoms with van der Waals surface area (Å²) in [5, 5.41) is 5.61. The third-order valence-electron chi connectivity index (χ3n) is 5.29. The lowest BCUT2D eigenvalue weighted by Crippen LogP contribution is -2.36. The van der Waals surface area contributed by atoms with Gasteiger partial charge in [0.15, 0.2) is 0 Å². The number of likely N-dealkylation sites (N-methyl/N-ethyl adjacent to an activating group) is 1. The van der Waals surface area contributed by atoms with Crippen molar-refractivity contribution >= 4 is 29.1 Å². The zero-order valence-electron chi connectivity index (χ0n) is 16.1. The number of halogens is 2. The Morgan fingerprint density at radius 2 is 1.89 bits per heavy atom. The van der Waals surface area contributed by atoms with Gasteiger partial charge >= 0.3 is 0 Å². The third-order valence-corrected chi connectivity index (χ3v) is 6.03. The number of carbonyl (C=O) groups is 1. The molecule has 0 spiro atoms. The maximum absolute atomic E-state index is 12.7. The first-order valence-electron chi connectivity index (χ1n) is 9.33. The van der Waals surface area contributed by atoms with Crippen molar-refractivity contribution in [2.24, 2.45) is 0 Å². The van der Waals surface area contributed by atoms with Gasteiger partial charge < -0.3 is 9.80 Å². The second kappa shape index (κ2) is 8.63. The molecule has 0 N–H and O–H groups in total. The second-order valence-electron chi connectivity index (χ2n) is 7.20. The largest absolute Gasteiger partial charge is 0.344 e. The van der Waals surface area contributed by atoms with Crippen LogP contribution in [0.5, 0.6) is 0 Å². The van der Waals surface area contributed by atoms with E-state index in [0.717, 1.165) is 48.8 Å². The molecule has 27 heavy (non-hydrogen) atoms. The van der Waals surface area contributed by atoms with Gasteiger partial charge in [-0.1, -0.05) is 23.2 Å². The van der Waals surface area contributed by atoms with Gasteiger partial charge in [-0.2, -0.15) is 5.10 Å². The SMILES string of the molecule is Cc1nn(-c2ccc(Cl)c(Cl)c2)c(C)c1CC(=O)N(C)CCN1CCCC1. The van der Waals surface area contributed by atoms with Crippen LogP contribution >= 0.6 is 23.2 Å². The number of benzene rings is 1. The summed E-state index contributed by atoms with van der Waals surface area (Å²) in [7, 11) is 1.88. The number of aryl methyl sites for hydroxylation is 1. The summed E-state index contributed by atoms with van der Waals surface area (Å²) in [6.45, 7) is 7.93. The first-order valence-corrected chi connectivity index (χ1v) is 10.1. The van der Waals surface area contributed by atoms with Crippen molar-refractivity contribution in [1.29, 1.82) is 0 Å². The number of nitrogens with zero attached hydrogens (tertiary/aromatic N) is 4. The molecule has 0 aliphatic carbocycles. The first-order chi connectivity index (χ1) is 12.9. The van der Waals surface area contributed by atoms with Crippen molar-refractivity contribution in [3.63, 3.8) is 0 Å². The van der Waals surface area contributed by atoms with Crippen LogP contribution in [0, 0.1) is 13.8 Å². The highest BCUT2D eigenvalue weighted by Crippen LogP contribution is 2.26. The number of amides is 1. The lowest BCUT2D eigenvalue weighted by atomic mass is 10.1. The van der Waals surface area contributed by atoms with Gasteiger partial charge in [-0.15, -0.1) is 0 Å². The quantitative estimate of drug-likeness (QED) is 0.727. The van der Waals surface area contributed by atoms with Crippen molar-refractivity contribution < 1.29 is 4.79 Å². The summed E-state index contributed by atoms with van der Waals surface area (Å²) in [5.41, 5.74) is 3.62. The molecule has 2 aromatic rings. The molecule has 1 fully saturated rings. The van der Waals surface area contributed by atoms with Crippen LogP contribution in [0.25, 0.3) is 5.69 Å². The maximum Gasteiger partial charge on any atom is 0.226 e. The lowest BCUT2D eigenvalue weighted by Gasteiger charge is -2.21. The van der Waals surface area contributed by atoms with Crippen LogP contribution in [0.1, 0.15) is 29.8 Å². The molecule has 1 aliphatic heterocycles. The number of hydrogen-bond donors (Lipinski definition) is 0. The van der Waals surface area contributed by atoms with E-state index in [9.17, 15) is 4.79 Å². The molecule has 0 atom stereocenters. The fourth-order valence-corrected chi connectivity index (χ4v) is 3.80. The minimum absolute atomic E-state index is 0.120. The van der Waals surface area contributed by atoms with Gasteiger partial charge in [0, 0.05) is 31.4 Å². The number of carbonyl (C=O) groups excluding carboxylic acids is 1. The van der Waals surface area contributed by atoms with Gasteiger partial charge in [0.05, 0.1) is 27.8 Å². The predicted octanol–water partition coefficient (Wildman–Crippen LogP) is 3.89. The molecule has 1 amide bonds. The topological polar surface area (TPSA) is 41.4 Å². The van der Waals surface area contributed by atoms with E-state index < -0.39 is 0 Å².